The van der Waals surface area contributed by atoms with Gasteiger partial charge in [0.25, 0.3) is 0 Å². The van der Waals surface area contributed by atoms with E-state index in [1.807, 2.05) is 18.7 Å². The molecule has 0 saturated carbocycles. The molecule has 1 N–H and O–H groups in total. The van der Waals surface area contributed by atoms with Crippen LogP contribution in [0.15, 0.2) is 24.3 Å². The summed E-state index contributed by atoms with van der Waals surface area (Å²) in [6, 6.07) is 8.49. The predicted octanol–water partition coefficient (Wildman–Crippen LogP) is 1.76. The van der Waals surface area contributed by atoms with Gasteiger partial charge in [-0.1, -0.05) is 29.8 Å². The van der Waals surface area contributed by atoms with Crippen LogP contribution in [0.1, 0.15) is 17.0 Å². The fourth-order valence-electron chi connectivity index (χ4n) is 1.62. The van der Waals surface area contributed by atoms with Crippen molar-refractivity contribution in [3.63, 3.8) is 0 Å². The van der Waals surface area contributed by atoms with E-state index in [1.54, 1.807) is 0 Å². The number of hydrogen-bond donors (Lipinski definition) is 1. The molecule has 0 fully saturated rings. The van der Waals surface area contributed by atoms with Gasteiger partial charge in [-0.2, -0.15) is 0 Å². The number of anilines is 1. The SMILES string of the molecule is CNc1nnc(Cc2ccc(C)cc2)n1C. The lowest BCUT2D eigenvalue weighted by molar-refractivity contribution is 0.825. The van der Waals surface area contributed by atoms with Gasteiger partial charge in [0, 0.05) is 20.5 Å². The maximum atomic E-state index is 4.15. The van der Waals surface area contributed by atoms with E-state index in [1.165, 1.54) is 11.1 Å². The number of nitrogens with zero attached hydrogens (tertiary/aromatic N) is 3. The van der Waals surface area contributed by atoms with E-state index < -0.39 is 0 Å². The van der Waals surface area contributed by atoms with E-state index in [9.17, 15) is 0 Å². The molecule has 4 nitrogen and oxygen atoms in total. The van der Waals surface area contributed by atoms with E-state index >= 15 is 0 Å². The van der Waals surface area contributed by atoms with E-state index in [-0.39, 0.29) is 0 Å². The van der Waals surface area contributed by atoms with Crippen molar-refractivity contribution in [1.29, 1.82) is 0 Å². The maximum absolute atomic E-state index is 4.15. The summed E-state index contributed by atoms with van der Waals surface area (Å²) in [7, 11) is 3.81. The third-order valence-electron chi connectivity index (χ3n) is 2.67. The van der Waals surface area contributed by atoms with E-state index in [0.29, 0.717) is 0 Å². The van der Waals surface area contributed by atoms with Gasteiger partial charge >= 0.3 is 0 Å². The molecule has 0 amide bonds. The molecule has 0 aliphatic rings. The summed E-state index contributed by atoms with van der Waals surface area (Å²) in [6.07, 6.45) is 0.811. The van der Waals surface area contributed by atoms with Gasteiger partial charge in [0.15, 0.2) is 0 Å². The lowest BCUT2D eigenvalue weighted by atomic mass is 10.1. The first-order valence-electron chi connectivity index (χ1n) is 5.32. The minimum atomic E-state index is 0.794. The van der Waals surface area contributed by atoms with Gasteiger partial charge in [0.2, 0.25) is 5.95 Å². The second-order valence-corrected chi connectivity index (χ2v) is 3.91. The number of aromatic nitrogens is 3. The average molecular weight is 216 g/mol. The summed E-state index contributed by atoms with van der Waals surface area (Å²) in [5.74, 6) is 1.76. The number of rotatable bonds is 3. The molecule has 2 rings (SSSR count). The van der Waals surface area contributed by atoms with Crippen molar-refractivity contribution in [2.45, 2.75) is 13.3 Å². The number of hydrogen-bond acceptors (Lipinski definition) is 3. The molecular formula is C12H16N4. The largest absolute Gasteiger partial charge is 0.357 e. The summed E-state index contributed by atoms with van der Waals surface area (Å²) >= 11 is 0. The number of nitrogens with one attached hydrogen (secondary N) is 1. The molecule has 1 aromatic carbocycles. The van der Waals surface area contributed by atoms with Gasteiger partial charge in [-0.05, 0) is 12.5 Å². The van der Waals surface area contributed by atoms with Crippen LogP contribution in [0.4, 0.5) is 5.95 Å². The summed E-state index contributed by atoms with van der Waals surface area (Å²) in [4.78, 5) is 0. The Hall–Kier alpha value is -1.84. The van der Waals surface area contributed by atoms with Crippen molar-refractivity contribution >= 4 is 5.95 Å². The van der Waals surface area contributed by atoms with Crippen LogP contribution in [-0.2, 0) is 13.5 Å². The highest BCUT2D eigenvalue weighted by molar-refractivity contribution is 5.28. The fraction of sp³-hybridized carbons (Fsp3) is 0.333. The van der Waals surface area contributed by atoms with Crippen molar-refractivity contribution in [3.8, 4) is 0 Å². The molecule has 0 saturated heterocycles. The molecule has 0 unspecified atom stereocenters. The van der Waals surface area contributed by atoms with Crippen LogP contribution in [0.25, 0.3) is 0 Å². The molecule has 0 atom stereocenters. The minimum absolute atomic E-state index is 0.794. The summed E-state index contributed by atoms with van der Waals surface area (Å²) in [5.41, 5.74) is 2.53. The second kappa shape index (κ2) is 4.35. The average Bonchev–Trinajstić information content (AvgIpc) is 2.63. The van der Waals surface area contributed by atoms with E-state index in [4.69, 9.17) is 0 Å². The van der Waals surface area contributed by atoms with Crippen molar-refractivity contribution in [1.82, 2.24) is 14.8 Å². The van der Waals surface area contributed by atoms with Gasteiger partial charge < -0.3 is 9.88 Å². The molecule has 0 bridgehead atoms. The molecule has 0 aliphatic heterocycles. The lowest BCUT2D eigenvalue weighted by Gasteiger charge is -2.03. The first-order valence-corrected chi connectivity index (χ1v) is 5.32. The van der Waals surface area contributed by atoms with Crippen LogP contribution in [0.2, 0.25) is 0 Å². The topological polar surface area (TPSA) is 42.7 Å². The molecular weight excluding hydrogens is 200 g/mol. The Morgan fingerprint density at radius 2 is 1.88 bits per heavy atom. The van der Waals surface area contributed by atoms with Crippen LogP contribution in [0, 0.1) is 6.92 Å². The highest BCUT2D eigenvalue weighted by Crippen LogP contribution is 2.11. The van der Waals surface area contributed by atoms with Gasteiger partial charge in [-0.3, -0.25) is 0 Å². The van der Waals surface area contributed by atoms with Crippen molar-refractivity contribution < 1.29 is 0 Å². The molecule has 84 valence electrons. The van der Waals surface area contributed by atoms with Crippen molar-refractivity contribution in [3.05, 3.63) is 41.2 Å². The predicted molar refractivity (Wildman–Crippen MR) is 64.5 cm³/mol. The zero-order valence-corrected chi connectivity index (χ0v) is 9.86. The van der Waals surface area contributed by atoms with Gasteiger partial charge in [-0.25, -0.2) is 0 Å². The van der Waals surface area contributed by atoms with Crippen LogP contribution >= 0.6 is 0 Å². The van der Waals surface area contributed by atoms with Gasteiger partial charge in [0.1, 0.15) is 5.82 Å². The Balaban J connectivity index is 2.20. The van der Waals surface area contributed by atoms with E-state index in [0.717, 1.165) is 18.2 Å². The summed E-state index contributed by atoms with van der Waals surface area (Å²) < 4.78 is 1.97. The third-order valence-corrected chi connectivity index (χ3v) is 2.67. The zero-order valence-electron chi connectivity index (χ0n) is 9.86. The highest BCUT2D eigenvalue weighted by Gasteiger charge is 2.07. The second-order valence-electron chi connectivity index (χ2n) is 3.91. The van der Waals surface area contributed by atoms with Gasteiger partial charge in [-0.15, -0.1) is 10.2 Å². The molecule has 0 spiro atoms. The summed E-state index contributed by atoms with van der Waals surface area (Å²) in [5, 5.41) is 11.2. The lowest BCUT2D eigenvalue weighted by Crippen LogP contribution is -2.03. The number of benzene rings is 1. The Bertz CT molecular complexity index is 470. The molecule has 0 aliphatic carbocycles. The Morgan fingerprint density at radius 3 is 2.44 bits per heavy atom. The third kappa shape index (κ3) is 2.05. The minimum Gasteiger partial charge on any atom is -0.357 e. The van der Waals surface area contributed by atoms with Crippen molar-refractivity contribution in [2.75, 3.05) is 12.4 Å². The monoisotopic (exact) mass is 216 g/mol. The van der Waals surface area contributed by atoms with Crippen LogP contribution in [0.5, 0.6) is 0 Å². The van der Waals surface area contributed by atoms with Crippen LogP contribution in [0.3, 0.4) is 0 Å². The first-order chi connectivity index (χ1) is 7.70. The maximum Gasteiger partial charge on any atom is 0.224 e. The molecule has 16 heavy (non-hydrogen) atoms. The Labute approximate surface area is 95.3 Å². The Kier molecular flexibility index (Phi) is 2.90. The van der Waals surface area contributed by atoms with Gasteiger partial charge in [0.05, 0.1) is 0 Å². The molecule has 1 aromatic heterocycles. The number of aryl methyl sites for hydroxylation is 1. The smallest absolute Gasteiger partial charge is 0.224 e. The zero-order chi connectivity index (χ0) is 11.5. The van der Waals surface area contributed by atoms with Crippen LogP contribution < -0.4 is 5.32 Å². The first kappa shape index (κ1) is 10.7. The fourth-order valence-corrected chi connectivity index (χ4v) is 1.62. The Morgan fingerprint density at radius 1 is 1.19 bits per heavy atom. The highest BCUT2D eigenvalue weighted by atomic mass is 15.3. The van der Waals surface area contributed by atoms with Crippen LogP contribution in [-0.4, -0.2) is 21.8 Å². The van der Waals surface area contributed by atoms with Crippen molar-refractivity contribution in [2.24, 2.45) is 7.05 Å². The standard InChI is InChI=1S/C12H16N4/c1-9-4-6-10(7-5-9)8-11-14-15-12(13-2)16(11)3/h4-7H,8H2,1-3H3,(H,13,15). The summed E-state index contributed by atoms with van der Waals surface area (Å²) in [6.45, 7) is 2.09. The quantitative estimate of drug-likeness (QED) is 0.850. The molecule has 0 radical (unpaired) electrons. The molecule has 4 heteroatoms. The van der Waals surface area contributed by atoms with E-state index in [2.05, 4.69) is 46.7 Å². The normalized spacial score (nSPS) is 10.4. The molecule has 1 heterocycles. The molecule has 2 aromatic rings.